The lowest BCUT2D eigenvalue weighted by molar-refractivity contribution is 0.0503. The van der Waals surface area contributed by atoms with E-state index in [1.54, 1.807) is 7.11 Å². The molecule has 0 spiro atoms. The molecule has 1 saturated carbocycles. The highest BCUT2D eigenvalue weighted by Crippen LogP contribution is 2.23. The first-order valence-corrected chi connectivity index (χ1v) is 5.74. The maximum absolute atomic E-state index is 5.53. The Labute approximate surface area is 96.8 Å². The fourth-order valence-corrected chi connectivity index (χ4v) is 1.65. The van der Waals surface area contributed by atoms with Crippen LogP contribution < -0.4 is 10.1 Å². The van der Waals surface area contributed by atoms with Gasteiger partial charge in [0.05, 0.1) is 0 Å². The Kier molecular flexibility index (Phi) is 3.80. The fraction of sp³-hybridized carbons (Fsp3) is 0.538. The molecule has 88 valence electrons. The van der Waals surface area contributed by atoms with Gasteiger partial charge in [-0.2, -0.15) is 0 Å². The van der Waals surface area contributed by atoms with Gasteiger partial charge in [-0.1, -0.05) is 17.7 Å². The largest absolute Gasteiger partial charge is 0.467 e. The summed E-state index contributed by atoms with van der Waals surface area (Å²) in [4.78, 5) is 0. The van der Waals surface area contributed by atoms with E-state index >= 15 is 0 Å². The van der Waals surface area contributed by atoms with E-state index in [0.717, 1.165) is 18.3 Å². The monoisotopic (exact) mass is 221 g/mol. The maximum Gasteiger partial charge on any atom is 0.188 e. The van der Waals surface area contributed by atoms with Crippen LogP contribution in [0.15, 0.2) is 18.2 Å². The quantitative estimate of drug-likeness (QED) is 0.747. The van der Waals surface area contributed by atoms with Crippen molar-refractivity contribution in [1.82, 2.24) is 5.32 Å². The van der Waals surface area contributed by atoms with Crippen LogP contribution in [0.3, 0.4) is 0 Å². The Morgan fingerprint density at radius 2 is 2.19 bits per heavy atom. The molecule has 0 atom stereocenters. The number of rotatable bonds is 6. The molecule has 1 N–H and O–H groups in total. The highest BCUT2D eigenvalue weighted by Gasteiger charge is 2.20. The standard InChI is InChI=1S/C13H19NO2/c1-10-3-6-13(16-9-15-2)11(7-10)8-14-12-4-5-12/h3,6-7,12,14H,4-5,8-9H2,1-2H3. The maximum atomic E-state index is 5.53. The topological polar surface area (TPSA) is 30.5 Å². The lowest BCUT2D eigenvalue weighted by atomic mass is 10.1. The molecule has 0 unspecified atom stereocenters. The van der Waals surface area contributed by atoms with Crippen LogP contribution in [-0.4, -0.2) is 19.9 Å². The molecular formula is C13H19NO2. The van der Waals surface area contributed by atoms with E-state index in [1.165, 1.54) is 24.0 Å². The number of ether oxygens (including phenoxy) is 2. The van der Waals surface area contributed by atoms with Gasteiger partial charge in [0.2, 0.25) is 0 Å². The molecule has 1 aliphatic carbocycles. The summed E-state index contributed by atoms with van der Waals surface area (Å²) >= 11 is 0. The highest BCUT2D eigenvalue weighted by molar-refractivity contribution is 5.36. The molecule has 0 aliphatic heterocycles. The summed E-state index contributed by atoms with van der Waals surface area (Å²) in [5.74, 6) is 0.917. The Morgan fingerprint density at radius 1 is 1.38 bits per heavy atom. The predicted molar refractivity (Wildman–Crippen MR) is 63.5 cm³/mol. The second-order valence-electron chi connectivity index (χ2n) is 4.32. The van der Waals surface area contributed by atoms with Crippen LogP contribution in [0.2, 0.25) is 0 Å². The highest BCUT2D eigenvalue weighted by atomic mass is 16.7. The Hall–Kier alpha value is -1.06. The molecule has 1 aromatic carbocycles. The van der Waals surface area contributed by atoms with Crippen molar-refractivity contribution in [2.45, 2.75) is 32.4 Å². The summed E-state index contributed by atoms with van der Waals surface area (Å²) in [5, 5.41) is 3.50. The number of methoxy groups -OCH3 is 1. The van der Waals surface area contributed by atoms with E-state index in [4.69, 9.17) is 9.47 Å². The molecule has 2 rings (SSSR count). The lowest BCUT2D eigenvalue weighted by Crippen LogP contribution is -2.16. The lowest BCUT2D eigenvalue weighted by Gasteiger charge is -2.12. The molecule has 0 radical (unpaired) electrons. The molecule has 0 bridgehead atoms. The van der Waals surface area contributed by atoms with Gasteiger partial charge in [0, 0.05) is 25.3 Å². The van der Waals surface area contributed by atoms with Gasteiger partial charge >= 0.3 is 0 Å². The molecule has 3 heteroatoms. The number of hydrogen-bond donors (Lipinski definition) is 1. The first-order valence-electron chi connectivity index (χ1n) is 5.74. The predicted octanol–water partition coefficient (Wildman–Crippen LogP) is 2.23. The van der Waals surface area contributed by atoms with E-state index in [2.05, 4.69) is 24.4 Å². The third-order valence-electron chi connectivity index (χ3n) is 2.71. The van der Waals surface area contributed by atoms with Crippen molar-refractivity contribution in [2.24, 2.45) is 0 Å². The smallest absolute Gasteiger partial charge is 0.188 e. The Morgan fingerprint density at radius 3 is 2.88 bits per heavy atom. The molecule has 16 heavy (non-hydrogen) atoms. The number of hydrogen-bond acceptors (Lipinski definition) is 3. The third kappa shape index (κ3) is 3.22. The molecule has 0 saturated heterocycles. The van der Waals surface area contributed by atoms with Gasteiger partial charge in [-0.15, -0.1) is 0 Å². The molecule has 1 aromatic rings. The zero-order valence-electron chi connectivity index (χ0n) is 9.95. The second kappa shape index (κ2) is 5.32. The number of aryl methyl sites for hydroxylation is 1. The van der Waals surface area contributed by atoms with Crippen LogP contribution in [0.4, 0.5) is 0 Å². The first-order chi connectivity index (χ1) is 7.79. The fourth-order valence-electron chi connectivity index (χ4n) is 1.65. The molecule has 1 fully saturated rings. The summed E-state index contributed by atoms with van der Waals surface area (Å²) in [6, 6.07) is 6.96. The Balaban J connectivity index is 2.01. The SMILES string of the molecule is COCOc1ccc(C)cc1CNC1CC1. The zero-order chi connectivity index (χ0) is 11.4. The summed E-state index contributed by atoms with van der Waals surface area (Å²) in [7, 11) is 1.64. The van der Waals surface area contributed by atoms with Crippen molar-refractivity contribution >= 4 is 0 Å². The normalized spacial score (nSPS) is 15.1. The van der Waals surface area contributed by atoms with Crippen molar-refractivity contribution < 1.29 is 9.47 Å². The van der Waals surface area contributed by atoms with Crippen LogP contribution >= 0.6 is 0 Å². The van der Waals surface area contributed by atoms with Crippen LogP contribution in [-0.2, 0) is 11.3 Å². The third-order valence-corrected chi connectivity index (χ3v) is 2.71. The van der Waals surface area contributed by atoms with Gasteiger partial charge in [0.15, 0.2) is 6.79 Å². The summed E-state index contributed by atoms with van der Waals surface area (Å²) < 4.78 is 10.5. The van der Waals surface area contributed by atoms with Gasteiger partial charge in [-0.25, -0.2) is 0 Å². The summed E-state index contributed by atoms with van der Waals surface area (Å²) in [6.45, 7) is 3.28. The van der Waals surface area contributed by atoms with Gasteiger partial charge < -0.3 is 14.8 Å². The molecule has 1 aliphatic rings. The Bertz CT molecular complexity index is 348. The van der Waals surface area contributed by atoms with E-state index in [0.29, 0.717) is 6.79 Å². The van der Waals surface area contributed by atoms with Gasteiger partial charge in [-0.3, -0.25) is 0 Å². The molecular weight excluding hydrogens is 202 g/mol. The molecule has 3 nitrogen and oxygen atoms in total. The minimum atomic E-state index is 0.305. The number of benzene rings is 1. The van der Waals surface area contributed by atoms with E-state index in [-0.39, 0.29) is 0 Å². The summed E-state index contributed by atoms with van der Waals surface area (Å²) in [6.07, 6.45) is 2.61. The average molecular weight is 221 g/mol. The minimum Gasteiger partial charge on any atom is -0.467 e. The van der Waals surface area contributed by atoms with Crippen molar-refractivity contribution in [1.29, 1.82) is 0 Å². The van der Waals surface area contributed by atoms with Crippen LogP contribution in [0.1, 0.15) is 24.0 Å². The summed E-state index contributed by atoms with van der Waals surface area (Å²) in [5.41, 5.74) is 2.47. The van der Waals surface area contributed by atoms with Crippen LogP contribution in [0.5, 0.6) is 5.75 Å². The van der Waals surface area contributed by atoms with Crippen molar-refractivity contribution in [2.75, 3.05) is 13.9 Å². The second-order valence-corrected chi connectivity index (χ2v) is 4.32. The molecule has 0 amide bonds. The average Bonchev–Trinajstić information content (AvgIpc) is 3.09. The van der Waals surface area contributed by atoms with Gasteiger partial charge in [0.25, 0.3) is 0 Å². The first kappa shape index (κ1) is 11.4. The van der Waals surface area contributed by atoms with Crippen molar-refractivity contribution in [3.05, 3.63) is 29.3 Å². The van der Waals surface area contributed by atoms with Crippen LogP contribution in [0, 0.1) is 6.92 Å². The van der Waals surface area contributed by atoms with E-state index in [1.807, 2.05) is 6.07 Å². The zero-order valence-corrected chi connectivity index (χ0v) is 9.95. The van der Waals surface area contributed by atoms with Gasteiger partial charge in [0.1, 0.15) is 5.75 Å². The van der Waals surface area contributed by atoms with Crippen molar-refractivity contribution in [3.8, 4) is 5.75 Å². The van der Waals surface area contributed by atoms with Crippen LogP contribution in [0.25, 0.3) is 0 Å². The minimum absolute atomic E-state index is 0.305. The van der Waals surface area contributed by atoms with E-state index in [9.17, 15) is 0 Å². The van der Waals surface area contributed by atoms with Gasteiger partial charge in [-0.05, 0) is 25.8 Å². The van der Waals surface area contributed by atoms with Crippen molar-refractivity contribution in [3.63, 3.8) is 0 Å². The van der Waals surface area contributed by atoms with E-state index < -0.39 is 0 Å². The molecule has 0 aromatic heterocycles. The number of nitrogens with one attached hydrogen (secondary N) is 1. The molecule has 0 heterocycles.